The first-order chi connectivity index (χ1) is 22.1. The number of carbonyl (C=O) groups is 7. The van der Waals surface area contributed by atoms with Crippen LogP contribution in [0.3, 0.4) is 0 Å². The SMILES string of the molecule is CC(=O)C1C(=O)C(C(C)C)[C@@]2(C)[C@H](CC(=O)C3CCCC3C(=O)OC(C)(C)C)[C@]3(C)C(C(=O)c4c(O)cccc4[C@H]3C)C(=O)[C@@]2(O)C1=O. The monoisotopic (exact) mass is 664 g/mol. The van der Waals surface area contributed by atoms with Crippen molar-refractivity contribution in [3.63, 3.8) is 0 Å². The standard InChI is InChI=1S/C38H48O10/c1-17(2)28-30(42)26(19(4)39)32(44)38(47)33(45)29-31(43)27-20(12-11-15-23(27)40)18(3)36(29,8)25(37(28,38)9)16-24(41)21-13-10-14-22(21)34(46)48-35(5,6)7/h11-12,15,17-18,21-22,25-26,28-29,40,47H,10,13-14,16H2,1-9H3/t18-,21?,22?,25-,26?,28?,29?,36-,37-,38+/m1/s1. The minimum Gasteiger partial charge on any atom is -0.507 e. The molecule has 0 aliphatic heterocycles. The predicted molar refractivity (Wildman–Crippen MR) is 173 cm³/mol. The van der Waals surface area contributed by atoms with Gasteiger partial charge in [-0.1, -0.05) is 53.2 Å². The molecule has 10 atom stereocenters. The number of aliphatic hydroxyl groups is 1. The van der Waals surface area contributed by atoms with Crippen molar-refractivity contribution in [3.8, 4) is 5.75 Å². The summed E-state index contributed by atoms with van der Waals surface area (Å²) in [4.78, 5) is 98.6. The van der Waals surface area contributed by atoms with Gasteiger partial charge in [-0.25, -0.2) is 0 Å². The van der Waals surface area contributed by atoms with Crippen molar-refractivity contribution in [2.24, 2.45) is 52.3 Å². The Morgan fingerprint density at radius 3 is 2.17 bits per heavy atom. The first-order valence-corrected chi connectivity index (χ1v) is 17.0. The molecule has 10 heteroatoms. The topological polar surface area (TPSA) is 169 Å². The summed E-state index contributed by atoms with van der Waals surface area (Å²) in [5.41, 5.74) is -6.74. The third-order valence-corrected chi connectivity index (χ3v) is 12.5. The molecule has 2 N–H and O–H groups in total. The first kappa shape index (κ1) is 35.8. The lowest BCUT2D eigenvalue weighted by atomic mass is 9.34. The zero-order valence-corrected chi connectivity index (χ0v) is 29.3. The molecule has 10 nitrogen and oxygen atoms in total. The molecular formula is C38H48O10. The molecule has 0 spiro atoms. The van der Waals surface area contributed by atoms with Gasteiger partial charge in [0.1, 0.15) is 28.8 Å². The molecule has 0 radical (unpaired) electrons. The van der Waals surface area contributed by atoms with Gasteiger partial charge in [0.2, 0.25) is 0 Å². The highest BCUT2D eigenvalue weighted by Crippen LogP contribution is 2.70. The van der Waals surface area contributed by atoms with Crippen molar-refractivity contribution in [2.45, 2.75) is 105 Å². The summed E-state index contributed by atoms with van der Waals surface area (Å²) in [5, 5.41) is 23.6. The molecule has 5 unspecified atom stereocenters. The molecule has 260 valence electrons. The van der Waals surface area contributed by atoms with Crippen LogP contribution in [-0.4, -0.2) is 62.1 Å². The quantitative estimate of drug-likeness (QED) is 0.324. The fourth-order valence-corrected chi connectivity index (χ4v) is 10.3. The number of Topliss-reactive ketones (excluding diaryl/α,β-unsaturated/α-hetero) is 6. The van der Waals surface area contributed by atoms with Crippen molar-refractivity contribution >= 4 is 40.7 Å². The van der Waals surface area contributed by atoms with Gasteiger partial charge in [-0.3, -0.25) is 33.6 Å². The molecule has 0 amide bonds. The third kappa shape index (κ3) is 4.71. The van der Waals surface area contributed by atoms with Gasteiger partial charge in [-0.05, 0) is 75.3 Å². The van der Waals surface area contributed by atoms with E-state index in [0.717, 1.165) is 6.92 Å². The van der Waals surface area contributed by atoms with Crippen LogP contribution in [0.15, 0.2) is 18.2 Å². The average Bonchev–Trinajstić information content (AvgIpc) is 3.46. The van der Waals surface area contributed by atoms with Crippen LogP contribution in [0.5, 0.6) is 5.75 Å². The van der Waals surface area contributed by atoms with Crippen LogP contribution in [0.4, 0.5) is 0 Å². The molecule has 0 bridgehead atoms. The highest BCUT2D eigenvalue weighted by atomic mass is 16.6. The molecule has 0 saturated heterocycles. The Hall–Kier alpha value is -3.53. The molecular weight excluding hydrogens is 616 g/mol. The molecule has 1 aromatic carbocycles. The van der Waals surface area contributed by atoms with Crippen molar-refractivity contribution in [1.29, 1.82) is 0 Å². The van der Waals surface area contributed by atoms with E-state index in [1.165, 1.54) is 13.0 Å². The second-order valence-corrected chi connectivity index (χ2v) is 16.4. The Bertz CT molecular complexity index is 1630. The number of phenolic OH excluding ortho intramolecular Hbond substituents is 1. The minimum atomic E-state index is -2.97. The van der Waals surface area contributed by atoms with Gasteiger partial charge in [0.05, 0.1) is 17.4 Å². The molecule has 3 fully saturated rings. The summed E-state index contributed by atoms with van der Waals surface area (Å²) in [7, 11) is 0. The van der Waals surface area contributed by atoms with Gasteiger partial charge >= 0.3 is 5.97 Å². The number of esters is 1. The van der Waals surface area contributed by atoms with E-state index in [-0.39, 0.29) is 23.5 Å². The summed E-state index contributed by atoms with van der Waals surface area (Å²) in [6.07, 6.45) is 1.09. The van der Waals surface area contributed by atoms with Gasteiger partial charge in [0.15, 0.2) is 28.7 Å². The lowest BCUT2D eigenvalue weighted by Gasteiger charge is -2.67. The van der Waals surface area contributed by atoms with E-state index in [1.54, 1.807) is 60.6 Å². The maximum Gasteiger partial charge on any atom is 0.310 e. The lowest BCUT2D eigenvalue weighted by molar-refractivity contribution is -0.226. The summed E-state index contributed by atoms with van der Waals surface area (Å²) in [6.45, 7) is 14.7. The van der Waals surface area contributed by atoms with Gasteiger partial charge in [-0.15, -0.1) is 0 Å². The van der Waals surface area contributed by atoms with E-state index in [2.05, 4.69) is 0 Å². The summed E-state index contributed by atoms with van der Waals surface area (Å²) in [6, 6.07) is 4.57. The Morgan fingerprint density at radius 2 is 1.60 bits per heavy atom. The van der Waals surface area contributed by atoms with Crippen LogP contribution in [0.2, 0.25) is 0 Å². The molecule has 4 aliphatic carbocycles. The van der Waals surface area contributed by atoms with Crippen LogP contribution in [-0.2, 0) is 33.5 Å². The van der Waals surface area contributed by atoms with E-state index in [0.29, 0.717) is 24.8 Å². The number of carbonyl (C=O) groups excluding carboxylic acids is 7. The normalized spacial score (nSPS) is 37.9. The number of hydrogen-bond acceptors (Lipinski definition) is 10. The van der Waals surface area contributed by atoms with E-state index in [1.807, 2.05) is 0 Å². The molecule has 0 aromatic heterocycles. The number of benzene rings is 1. The van der Waals surface area contributed by atoms with Gasteiger partial charge < -0.3 is 14.9 Å². The summed E-state index contributed by atoms with van der Waals surface area (Å²) >= 11 is 0. The fraction of sp³-hybridized carbons (Fsp3) is 0.658. The van der Waals surface area contributed by atoms with E-state index >= 15 is 0 Å². The average molecular weight is 665 g/mol. The van der Waals surface area contributed by atoms with Crippen LogP contribution in [0.1, 0.15) is 110 Å². The number of ketones is 6. The molecule has 1 aromatic rings. The largest absolute Gasteiger partial charge is 0.507 e. The Balaban J connectivity index is 1.76. The van der Waals surface area contributed by atoms with Crippen LogP contribution < -0.4 is 0 Å². The van der Waals surface area contributed by atoms with Crippen molar-refractivity contribution < 1.29 is 48.5 Å². The smallest absolute Gasteiger partial charge is 0.310 e. The molecule has 0 heterocycles. The van der Waals surface area contributed by atoms with Crippen molar-refractivity contribution in [1.82, 2.24) is 0 Å². The third-order valence-electron chi connectivity index (χ3n) is 12.5. The van der Waals surface area contributed by atoms with Crippen LogP contribution in [0, 0.1) is 52.3 Å². The number of phenols is 1. The summed E-state index contributed by atoms with van der Waals surface area (Å²) in [5.74, 6) is -14.6. The zero-order chi connectivity index (χ0) is 36.0. The Labute approximate surface area is 281 Å². The highest BCUT2D eigenvalue weighted by molar-refractivity contribution is 6.32. The van der Waals surface area contributed by atoms with Gasteiger partial charge in [0.25, 0.3) is 0 Å². The highest BCUT2D eigenvalue weighted by Gasteiger charge is 2.80. The Kier molecular flexibility index (Phi) is 8.59. The van der Waals surface area contributed by atoms with E-state index in [9.17, 15) is 43.8 Å². The minimum absolute atomic E-state index is 0.0956. The number of hydrogen-bond donors (Lipinski definition) is 2. The predicted octanol–water partition coefficient (Wildman–Crippen LogP) is 4.60. The lowest BCUT2D eigenvalue weighted by Crippen LogP contribution is -2.80. The van der Waals surface area contributed by atoms with E-state index in [4.69, 9.17) is 4.74 Å². The maximum absolute atomic E-state index is 14.9. The molecule has 3 saturated carbocycles. The van der Waals surface area contributed by atoms with Gasteiger partial charge in [-0.2, -0.15) is 0 Å². The Morgan fingerprint density at radius 1 is 1.00 bits per heavy atom. The summed E-state index contributed by atoms with van der Waals surface area (Å²) < 4.78 is 5.66. The fourth-order valence-electron chi connectivity index (χ4n) is 10.3. The number of ether oxygens (including phenoxy) is 1. The zero-order valence-electron chi connectivity index (χ0n) is 29.3. The van der Waals surface area contributed by atoms with Crippen molar-refractivity contribution in [3.05, 3.63) is 29.3 Å². The molecule has 5 rings (SSSR count). The van der Waals surface area contributed by atoms with Crippen LogP contribution >= 0.6 is 0 Å². The second-order valence-electron chi connectivity index (χ2n) is 16.4. The van der Waals surface area contributed by atoms with Crippen LogP contribution in [0.25, 0.3) is 0 Å². The molecule has 4 aliphatic rings. The maximum atomic E-state index is 14.9. The van der Waals surface area contributed by atoms with Crippen molar-refractivity contribution in [2.75, 3.05) is 0 Å². The van der Waals surface area contributed by atoms with Gasteiger partial charge in [0, 0.05) is 23.7 Å². The molecule has 48 heavy (non-hydrogen) atoms. The second kappa shape index (κ2) is 11.5. The number of fused-ring (bicyclic) bond motifs is 3. The number of aromatic hydroxyl groups is 1. The first-order valence-electron chi connectivity index (χ1n) is 17.0. The van der Waals surface area contributed by atoms with E-state index < -0.39 is 104 Å². The number of rotatable bonds is 6.